The van der Waals surface area contributed by atoms with Crippen LogP contribution < -0.4 is 15.5 Å². The van der Waals surface area contributed by atoms with Gasteiger partial charge < -0.3 is 20.3 Å². The van der Waals surface area contributed by atoms with Crippen molar-refractivity contribution in [2.24, 2.45) is 4.99 Å². The Balaban J connectivity index is 1.58. The molecule has 2 N–H and O–H groups in total. The number of benzene rings is 1. The molecule has 0 spiro atoms. The third kappa shape index (κ3) is 5.09. The SMILES string of the molecule is CN=C(NCc1cccc(Cl)c1)NCc1cccnc1N1CCOCC1. The van der Waals surface area contributed by atoms with Gasteiger partial charge in [-0.25, -0.2) is 4.98 Å². The molecule has 1 aliphatic heterocycles. The third-order valence-electron chi connectivity index (χ3n) is 4.20. The van der Waals surface area contributed by atoms with Gasteiger partial charge in [0.15, 0.2) is 5.96 Å². The van der Waals surface area contributed by atoms with E-state index in [0.717, 1.165) is 54.2 Å². The first kappa shape index (κ1) is 18.5. The number of morpholine rings is 1. The molecule has 2 aromatic rings. The van der Waals surface area contributed by atoms with Crippen LogP contribution in [0.25, 0.3) is 0 Å². The van der Waals surface area contributed by atoms with Crippen LogP contribution in [-0.4, -0.2) is 44.3 Å². The van der Waals surface area contributed by atoms with E-state index in [1.165, 1.54) is 0 Å². The largest absolute Gasteiger partial charge is 0.378 e. The van der Waals surface area contributed by atoms with Gasteiger partial charge in [-0.05, 0) is 23.8 Å². The van der Waals surface area contributed by atoms with E-state index in [4.69, 9.17) is 16.3 Å². The number of nitrogens with one attached hydrogen (secondary N) is 2. The summed E-state index contributed by atoms with van der Waals surface area (Å²) in [5.41, 5.74) is 2.25. The zero-order valence-electron chi connectivity index (χ0n) is 14.9. The highest BCUT2D eigenvalue weighted by molar-refractivity contribution is 6.30. The van der Waals surface area contributed by atoms with E-state index in [0.29, 0.717) is 13.1 Å². The number of ether oxygens (including phenoxy) is 1. The number of nitrogens with zero attached hydrogens (tertiary/aromatic N) is 3. The average Bonchev–Trinajstić information content (AvgIpc) is 2.69. The number of aliphatic imine (C=N–C) groups is 1. The molecule has 0 amide bonds. The van der Waals surface area contributed by atoms with Gasteiger partial charge in [-0.1, -0.05) is 29.8 Å². The second-order valence-corrected chi connectivity index (χ2v) is 6.43. The Morgan fingerprint density at radius 1 is 1.19 bits per heavy atom. The molecule has 7 heteroatoms. The molecule has 1 fully saturated rings. The molecule has 3 rings (SSSR count). The van der Waals surface area contributed by atoms with Gasteiger partial charge in [0, 0.05) is 50.0 Å². The Labute approximate surface area is 159 Å². The van der Waals surface area contributed by atoms with Crippen LogP contribution in [-0.2, 0) is 17.8 Å². The predicted molar refractivity (Wildman–Crippen MR) is 106 cm³/mol. The summed E-state index contributed by atoms with van der Waals surface area (Å²) in [5, 5.41) is 7.40. The van der Waals surface area contributed by atoms with Crippen molar-refractivity contribution in [3.63, 3.8) is 0 Å². The van der Waals surface area contributed by atoms with Crippen LogP contribution in [0.1, 0.15) is 11.1 Å². The number of rotatable bonds is 5. The molecule has 0 radical (unpaired) electrons. The van der Waals surface area contributed by atoms with Crippen LogP contribution in [0.2, 0.25) is 5.02 Å². The lowest BCUT2D eigenvalue weighted by Gasteiger charge is -2.29. The monoisotopic (exact) mass is 373 g/mol. The molecular weight excluding hydrogens is 350 g/mol. The smallest absolute Gasteiger partial charge is 0.191 e. The van der Waals surface area contributed by atoms with Crippen LogP contribution in [0, 0.1) is 0 Å². The van der Waals surface area contributed by atoms with E-state index in [1.807, 2.05) is 36.5 Å². The molecule has 0 bridgehead atoms. The van der Waals surface area contributed by atoms with Crippen LogP contribution in [0.4, 0.5) is 5.82 Å². The molecule has 138 valence electrons. The standard InChI is InChI=1S/C19H24ClN5O/c1-21-19(23-13-15-4-2-6-17(20)12-15)24-14-16-5-3-7-22-18(16)25-8-10-26-11-9-25/h2-7,12H,8-11,13-14H2,1H3,(H2,21,23,24). The van der Waals surface area contributed by atoms with E-state index in [1.54, 1.807) is 7.05 Å². The van der Waals surface area contributed by atoms with E-state index in [9.17, 15) is 0 Å². The van der Waals surface area contributed by atoms with Gasteiger partial charge in [0.05, 0.1) is 13.2 Å². The topological polar surface area (TPSA) is 61.8 Å². The maximum Gasteiger partial charge on any atom is 0.191 e. The van der Waals surface area contributed by atoms with Crippen LogP contribution in [0.5, 0.6) is 0 Å². The minimum atomic E-state index is 0.649. The van der Waals surface area contributed by atoms with Crippen molar-refractivity contribution in [1.29, 1.82) is 0 Å². The first-order chi connectivity index (χ1) is 12.8. The molecule has 1 saturated heterocycles. The van der Waals surface area contributed by atoms with Gasteiger partial charge in [0.2, 0.25) is 0 Å². The predicted octanol–water partition coefficient (Wildman–Crippen LogP) is 2.44. The summed E-state index contributed by atoms with van der Waals surface area (Å²) in [6.07, 6.45) is 1.83. The summed E-state index contributed by atoms with van der Waals surface area (Å²) in [7, 11) is 1.76. The summed E-state index contributed by atoms with van der Waals surface area (Å²) >= 11 is 6.03. The molecule has 26 heavy (non-hydrogen) atoms. The summed E-state index contributed by atoms with van der Waals surface area (Å²) in [6, 6.07) is 11.8. The van der Waals surface area contributed by atoms with Gasteiger partial charge in [-0.15, -0.1) is 0 Å². The lowest BCUT2D eigenvalue weighted by molar-refractivity contribution is 0.122. The number of aromatic nitrogens is 1. The molecule has 2 heterocycles. The fourth-order valence-corrected chi connectivity index (χ4v) is 3.07. The zero-order valence-corrected chi connectivity index (χ0v) is 15.7. The summed E-state index contributed by atoms with van der Waals surface area (Å²) < 4.78 is 5.44. The van der Waals surface area contributed by atoms with E-state index in [2.05, 4.69) is 31.6 Å². The normalized spacial score (nSPS) is 15.0. The minimum Gasteiger partial charge on any atom is -0.378 e. The Hall–Kier alpha value is -2.31. The fraction of sp³-hybridized carbons (Fsp3) is 0.368. The van der Waals surface area contributed by atoms with Crippen molar-refractivity contribution in [3.8, 4) is 0 Å². The minimum absolute atomic E-state index is 0.649. The molecule has 0 aliphatic carbocycles. The van der Waals surface area contributed by atoms with Crippen molar-refractivity contribution in [2.75, 3.05) is 38.3 Å². The maximum atomic E-state index is 6.03. The molecule has 0 saturated carbocycles. The van der Waals surface area contributed by atoms with Crippen LogP contribution in [0.3, 0.4) is 0 Å². The van der Waals surface area contributed by atoms with Crippen molar-refractivity contribution < 1.29 is 4.74 Å². The number of halogens is 1. The molecular formula is C19H24ClN5O. The van der Waals surface area contributed by atoms with E-state index >= 15 is 0 Å². The number of guanidine groups is 1. The highest BCUT2D eigenvalue weighted by Crippen LogP contribution is 2.18. The third-order valence-corrected chi connectivity index (χ3v) is 4.43. The van der Waals surface area contributed by atoms with Crippen molar-refractivity contribution in [1.82, 2.24) is 15.6 Å². The van der Waals surface area contributed by atoms with E-state index < -0.39 is 0 Å². The quantitative estimate of drug-likeness (QED) is 0.622. The van der Waals surface area contributed by atoms with Gasteiger partial charge in [0.1, 0.15) is 5.82 Å². The number of pyridine rings is 1. The maximum absolute atomic E-state index is 6.03. The first-order valence-electron chi connectivity index (χ1n) is 8.72. The first-order valence-corrected chi connectivity index (χ1v) is 9.09. The number of hydrogen-bond acceptors (Lipinski definition) is 4. The Morgan fingerprint density at radius 2 is 2.00 bits per heavy atom. The molecule has 6 nitrogen and oxygen atoms in total. The lowest BCUT2D eigenvalue weighted by Crippen LogP contribution is -2.39. The van der Waals surface area contributed by atoms with Gasteiger partial charge >= 0.3 is 0 Å². The van der Waals surface area contributed by atoms with Gasteiger partial charge in [0.25, 0.3) is 0 Å². The molecule has 1 aromatic carbocycles. The Bertz CT molecular complexity index is 746. The highest BCUT2D eigenvalue weighted by atomic mass is 35.5. The van der Waals surface area contributed by atoms with Crippen molar-refractivity contribution in [2.45, 2.75) is 13.1 Å². The number of anilines is 1. The second-order valence-electron chi connectivity index (χ2n) is 5.99. The summed E-state index contributed by atoms with van der Waals surface area (Å²) in [4.78, 5) is 11.1. The Kier molecular flexibility index (Phi) is 6.68. The summed E-state index contributed by atoms with van der Waals surface area (Å²) in [5.74, 6) is 1.75. The fourth-order valence-electron chi connectivity index (χ4n) is 2.86. The van der Waals surface area contributed by atoms with Crippen LogP contribution >= 0.6 is 11.6 Å². The molecule has 1 aliphatic rings. The molecule has 1 aromatic heterocycles. The van der Waals surface area contributed by atoms with Crippen LogP contribution in [0.15, 0.2) is 47.6 Å². The van der Waals surface area contributed by atoms with Gasteiger partial charge in [-0.3, -0.25) is 4.99 Å². The van der Waals surface area contributed by atoms with E-state index in [-0.39, 0.29) is 0 Å². The highest BCUT2D eigenvalue weighted by Gasteiger charge is 2.15. The molecule has 0 unspecified atom stereocenters. The lowest BCUT2D eigenvalue weighted by atomic mass is 10.2. The zero-order chi connectivity index (χ0) is 18.2. The summed E-state index contributed by atoms with van der Waals surface area (Å²) in [6.45, 7) is 4.52. The number of hydrogen-bond donors (Lipinski definition) is 2. The average molecular weight is 374 g/mol. The van der Waals surface area contributed by atoms with Crippen molar-refractivity contribution in [3.05, 3.63) is 58.7 Å². The van der Waals surface area contributed by atoms with Gasteiger partial charge in [-0.2, -0.15) is 0 Å². The Morgan fingerprint density at radius 3 is 2.77 bits per heavy atom. The van der Waals surface area contributed by atoms with Crippen molar-refractivity contribution >= 4 is 23.4 Å². The second kappa shape index (κ2) is 9.40. The molecule has 0 atom stereocenters.